The molecule has 0 bridgehead atoms. The predicted molar refractivity (Wildman–Crippen MR) is 71.5 cm³/mol. The van der Waals surface area contributed by atoms with Crippen LogP contribution in [-0.2, 0) is 0 Å². The Labute approximate surface area is 122 Å². The molecule has 0 aliphatic rings. The third kappa shape index (κ3) is 3.09. The van der Waals surface area contributed by atoms with Crippen molar-refractivity contribution in [2.75, 3.05) is 0 Å². The smallest absolute Gasteiger partial charge is 0.339 e. The topological polar surface area (TPSA) is 89.7 Å². The standard InChI is InChI=1S/C13H7ClFNO5/c14-9-6-7(4-5-11(9)16(19)20)21-12-8(13(17)18)2-1-3-10(12)15/h1-6H,(H,17,18). The number of nitro benzene ring substituents is 1. The van der Waals surface area contributed by atoms with E-state index < -0.39 is 22.5 Å². The van der Waals surface area contributed by atoms with Gasteiger partial charge in [-0.25, -0.2) is 9.18 Å². The third-order valence-electron chi connectivity index (χ3n) is 2.53. The molecule has 0 radical (unpaired) electrons. The van der Waals surface area contributed by atoms with Crippen molar-refractivity contribution >= 4 is 23.3 Å². The molecule has 2 rings (SSSR count). The van der Waals surface area contributed by atoms with Gasteiger partial charge < -0.3 is 9.84 Å². The van der Waals surface area contributed by atoms with Crippen LogP contribution in [0.4, 0.5) is 10.1 Å². The number of halogens is 2. The Morgan fingerprint density at radius 2 is 2.05 bits per heavy atom. The Balaban J connectivity index is 2.41. The number of nitro groups is 1. The number of ether oxygens (including phenoxy) is 1. The van der Waals surface area contributed by atoms with Crippen molar-refractivity contribution < 1.29 is 24.0 Å². The number of nitrogens with zero attached hydrogens (tertiary/aromatic N) is 1. The molecule has 0 heterocycles. The van der Waals surface area contributed by atoms with Gasteiger partial charge in [-0.1, -0.05) is 17.7 Å². The van der Waals surface area contributed by atoms with Gasteiger partial charge in [0.2, 0.25) is 0 Å². The fourth-order valence-corrected chi connectivity index (χ4v) is 1.84. The Kier molecular flexibility index (Phi) is 4.04. The summed E-state index contributed by atoms with van der Waals surface area (Å²) < 4.78 is 18.8. The molecule has 2 aromatic rings. The van der Waals surface area contributed by atoms with E-state index in [1.165, 1.54) is 18.2 Å². The molecule has 2 aromatic carbocycles. The van der Waals surface area contributed by atoms with Crippen molar-refractivity contribution in [3.8, 4) is 11.5 Å². The maximum atomic E-state index is 13.7. The first-order valence-corrected chi connectivity index (χ1v) is 5.91. The van der Waals surface area contributed by atoms with E-state index in [1.54, 1.807) is 0 Å². The first kappa shape index (κ1) is 14.7. The highest BCUT2D eigenvalue weighted by Gasteiger charge is 2.18. The molecule has 0 unspecified atom stereocenters. The van der Waals surface area contributed by atoms with Crippen molar-refractivity contribution in [1.82, 2.24) is 0 Å². The summed E-state index contributed by atoms with van der Waals surface area (Å²) in [7, 11) is 0. The SMILES string of the molecule is O=C(O)c1cccc(F)c1Oc1ccc([N+](=O)[O-])c(Cl)c1. The molecule has 0 amide bonds. The maximum Gasteiger partial charge on any atom is 0.339 e. The van der Waals surface area contributed by atoms with Gasteiger partial charge in [0.1, 0.15) is 16.3 Å². The van der Waals surface area contributed by atoms with Crippen LogP contribution in [0.1, 0.15) is 10.4 Å². The lowest BCUT2D eigenvalue weighted by molar-refractivity contribution is -0.384. The quantitative estimate of drug-likeness (QED) is 0.683. The number of aromatic carboxylic acids is 1. The molecule has 0 aliphatic carbocycles. The van der Waals surface area contributed by atoms with Gasteiger partial charge in [-0.05, 0) is 18.2 Å². The largest absolute Gasteiger partial charge is 0.478 e. The van der Waals surface area contributed by atoms with Crippen molar-refractivity contribution in [3.05, 3.63) is 62.9 Å². The van der Waals surface area contributed by atoms with Crippen LogP contribution in [-0.4, -0.2) is 16.0 Å². The van der Waals surface area contributed by atoms with Crippen molar-refractivity contribution in [3.63, 3.8) is 0 Å². The maximum absolute atomic E-state index is 13.7. The second kappa shape index (κ2) is 5.76. The number of para-hydroxylation sites is 1. The molecule has 108 valence electrons. The van der Waals surface area contributed by atoms with E-state index in [-0.39, 0.29) is 22.0 Å². The molecular weight excluding hydrogens is 305 g/mol. The Morgan fingerprint density at radius 3 is 2.62 bits per heavy atom. The van der Waals surface area contributed by atoms with Crippen molar-refractivity contribution in [2.45, 2.75) is 0 Å². The molecule has 8 heteroatoms. The van der Waals surface area contributed by atoms with Crippen LogP contribution < -0.4 is 4.74 Å². The predicted octanol–water partition coefficient (Wildman–Crippen LogP) is 3.88. The van der Waals surface area contributed by atoms with Gasteiger partial charge in [0.15, 0.2) is 11.6 Å². The normalized spacial score (nSPS) is 10.2. The molecule has 0 aromatic heterocycles. The minimum atomic E-state index is -1.36. The zero-order valence-electron chi connectivity index (χ0n) is 10.2. The van der Waals surface area contributed by atoms with E-state index in [1.807, 2.05) is 0 Å². The zero-order chi connectivity index (χ0) is 15.6. The Morgan fingerprint density at radius 1 is 1.33 bits per heavy atom. The molecule has 0 spiro atoms. The molecule has 0 fully saturated rings. The molecule has 0 atom stereocenters. The van der Waals surface area contributed by atoms with E-state index in [0.717, 1.165) is 18.2 Å². The lowest BCUT2D eigenvalue weighted by atomic mass is 10.2. The van der Waals surface area contributed by atoms with E-state index in [9.17, 15) is 19.3 Å². The first-order chi connectivity index (χ1) is 9.90. The number of carbonyl (C=O) groups is 1. The highest BCUT2D eigenvalue weighted by atomic mass is 35.5. The third-order valence-corrected chi connectivity index (χ3v) is 2.84. The van der Waals surface area contributed by atoms with Crippen molar-refractivity contribution in [2.24, 2.45) is 0 Å². The minimum Gasteiger partial charge on any atom is -0.478 e. The molecule has 6 nitrogen and oxygen atoms in total. The lowest BCUT2D eigenvalue weighted by Gasteiger charge is -2.09. The van der Waals surface area contributed by atoms with Crippen LogP contribution in [0, 0.1) is 15.9 Å². The fourth-order valence-electron chi connectivity index (χ4n) is 1.60. The van der Waals surface area contributed by atoms with E-state index >= 15 is 0 Å². The summed E-state index contributed by atoms with van der Waals surface area (Å²) in [5, 5.41) is 19.4. The number of rotatable bonds is 4. The Bertz CT molecular complexity index is 734. The van der Waals surface area contributed by atoms with Gasteiger partial charge in [0.25, 0.3) is 5.69 Å². The highest BCUT2D eigenvalue weighted by molar-refractivity contribution is 6.32. The second-order valence-electron chi connectivity index (χ2n) is 3.89. The summed E-state index contributed by atoms with van der Waals surface area (Å²) in [6.07, 6.45) is 0. The van der Waals surface area contributed by atoms with E-state index in [2.05, 4.69) is 0 Å². The Hall–Kier alpha value is -2.67. The van der Waals surface area contributed by atoms with Gasteiger partial charge in [0, 0.05) is 12.1 Å². The van der Waals surface area contributed by atoms with Gasteiger partial charge >= 0.3 is 5.97 Å². The summed E-state index contributed by atoms with van der Waals surface area (Å²) in [5.74, 6) is -2.74. The summed E-state index contributed by atoms with van der Waals surface area (Å²) in [6.45, 7) is 0. The number of hydrogen-bond donors (Lipinski definition) is 1. The number of carboxylic acid groups (broad SMARTS) is 1. The van der Waals surface area contributed by atoms with Crippen LogP contribution in [0.5, 0.6) is 11.5 Å². The molecule has 0 aliphatic heterocycles. The number of hydrogen-bond acceptors (Lipinski definition) is 4. The average Bonchev–Trinajstić information content (AvgIpc) is 2.40. The second-order valence-corrected chi connectivity index (χ2v) is 4.30. The average molecular weight is 312 g/mol. The first-order valence-electron chi connectivity index (χ1n) is 5.53. The van der Waals surface area contributed by atoms with E-state index in [0.29, 0.717) is 0 Å². The molecule has 21 heavy (non-hydrogen) atoms. The summed E-state index contributed by atoms with van der Waals surface area (Å²) >= 11 is 5.70. The molecular formula is C13H7ClFNO5. The summed E-state index contributed by atoms with van der Waals surface area (Å²) in [4.78, 5) is 21.0. The van der Waals surface area contributed by atoms with Crippen LogP contribution >= 0.6 is 11.6 Å². The van der Waals surface area contributed by atoms with Crippen LogP contribution in [0.15, 0.2) is 36.4 Å². The van der Waals surface area contributed by atoms with Crippen molar-refractivity contribution in [1.29, 1.82) is 0 Å². The van der Waals surface area contributed by atoms with Gasteiger partial charge in [-0.2, -0.15) is 0 Å². The van der Waals surface area contributed by atoms with Gasteiger partial charge in [0.05, 0.1) is 4.92 Å². The minimum absolute atomic E-state index is 0.0156. The van der Waals surface area contributed by atoms with Crippen LogP contribution in [0.3, 0.4) is 0 Å². The highest BCUT2D eigenvalue weighted by Crippen LogP contribution is 2.33. The van der Waals surface area contributed by atoms with Gasteiger partial charge in [-0.15, -0.1) is 0 Å². The molecule has 0 saturated carbocycles. The summed E-state index contributed by atoms with van der Waals surface area (Å²) in [6, 6.07) is 6.83. The lowest BCUT2D eigenvalue weighted by Crippen LogP contribution is -2.02. The monoisotopic (exact) mass is 311 g/mol. The fraction of sp³-hybridized carbons (Fsp3) is 0. The number of carboxylic acids is 1. The van der Waals surface area contributed by atoms with Crippen LogP contribution in [0.25, 0.3) is 0 Å². The zero-order valence-corrected chi connectivity index (χ0v) is 11.0. The van der Waals surface area contributed by atoms with Crippen LogP contribution in [0.2, 0.25) is 5.02 Å². The van der Waals surface area contributed by atoms with Gasteiger partial charge in [-0.3, -0.25) is 10.1 Å². The summed E-state index contributed by atoms with van der Waals surface area (Å²) in [5.41, 5.74) is -0.708. The molecule has 1 N–H and O–H groups in total. The molecule has 0 saturated heterocycles. The number of benzene rings is 2. The van der Waals surface area contributed by atoms with E-state index in [4.69, 9.17) is 21.4 Å².